The molecule has 26 heavy (non-hydrogen) atoms. The highest BCUT2D eigenvalue weighted by Gasteiger charge is 2.34. The van der Waals surface area contributed by atoms with Crippen molar-refractivity contribution in [3.8, 4) is 0 Å². The van der Waals surface area contributed by atoms with Crippen molar-refractivity contribution in [2.75, 3.05) is 31.0 Å². The molecule has 7 heteroatoms. The molecule has 2 aromatic rings. The second kappa shape index (κ2) is 7.61. The summed E-state index contributed by atoms with van der Waals surface area (Å²) >= 11 is 0.899. The number of anilines is 2. The number of halogens is 1. The van der Waals surface area contributed by atoms with Gasteiger partial charge < -0.3 is 10.2 Å². The van der Waals surface area contributed by atoms with Crippen molar-refractivity contribution in [2.45, 2.75) is 0 Å². The van der Waals surface area contributed by atoms with Crippen molar-refractivity contribution >= 4 is 40.4 Å². The summed E-state index contributed by atoms with van der Waals surface area (Å²) in [7, 11) is 3.90. The number of hydrogen-bond donors (Lipinski definition) is 1. The van der Waals surface area contributed by atoms with Gasteiger partial charge in [-0.1, -0.05) is 18.2 Å². The molecular weight excluding hydrogens is 353 g/mol. The number of carbonyl (C=O) groups is 2. The lowest BCUT2D eigenvalue weighted by Crippen LogP contribution is -2.33. The number of rotatable bonds is 5. The normalized spacial score (nSPS) is 15.7. The number of imide groups is 1. The first kappa shape index (κ1) is 18.0. The number of hydrogen-bond acceptors (Lipinski definition) is 5. The fraction of sp³-hybridized carbons (Fsp3) is 0.158. The maximum Gasteiger partial charge on any atom is 0.295 e. The fourth-order valence-corrected chi connectivity index (χ4v) is 3.26. The zero-order valence-electron chi connectivity index (χ0n) is 14.4. The molecule has 0 aliphatic carbocycles. The SMILES string of the molecule is CN(C)c1ccc(/C=C2/SC(=O)N(CNc3cccc(F)c3)C2=O)cc1. The van der Waals surface area contributed by atoms with Crippen LogP contribution in [0.25, 0.3) is 6.08 Å². The molecule has 1 saturated heterocycles. The Balaban J connectivity index is 1.69. The molecule has 1 aliphatic heterocycles. The molecule has 0 aromatic heterocycles. The van der Waals surface area contributed by atoms with Gasteiger partial charge in [0.2, 0.25) is 0 Å². The van der Waals surface area contributed by atoms with E-state index in [4.69, 9.17) is 0 Å². The Kier molecular flexibility index (Phi) is 5.27. The highest BCUT2D eigenvalue weighted by Crippen LogP contribution is 2.32. The molecule has 1 N–H and O–H groups in total. The molecule has 0 radical (unpaired) electrons. The quantitative estimate of drug-likeness (QED) is 0.805. The van der Waals surface area contributed by atoms with E-state index in [2.05, 4.69) is 5.32 Å². The van der Waals surface area contributed by atoms with Gasteiger partial charge in [-0.25, -0.2) is 4.39 Å². The van der Waals surface area contributed by atoms with Crippen molar-refractivity contribution in [3.63, 3.8) is 0 Å². The standard InChI is InChI=1S/C19H18FN3O2S/c1-22(2)16-8-6-13(7-9-16)10-17-18(24)23(19(25)26-17)12-21-15-5-3-4-14(20)11-15/h3-11,21H,12H2,1-2H3/b17-10+. The van der Waals surface area contributed by atoms with Gasteiger partial charge in [0.05, 0.1) is 11.6 Å². The molecule has 0 bridgehead atoms. The molecule has 1 heterocycles. The van der Waals surface area contributed by atoms with E-state index in [0.29, 0.717) is 10.6 Å². The van der Waals surface area contributed by atoms with Crippen molar-refractivity contribution in [2.24, 2.45) is 0 Å². The summed E-state index contributed by atoms with van der Waals surface area (Å²) in [6.07, 6.45) is 1.70. The Labute approximate surface area is 155 Å². The van der Waals surface area contributed by atoms with Crippen molar-refractivity contribution in [3.05, 3.63) is 64.8 Å². The van der Waals surface area contributed by atoms with Crippen LogP contribution in [0.2, 0.25) is 0 Å². The van der Waals surface area contributed by atoms with E-state index in [1.54, 1.807) is 18.2 Å². The monoisotopic (exact) mass is 371 g/mol. The number of amides is 2. The van der Waals surface area contributed by atoms with Crippen LogP contribution in [0.3, 0.4) is 0 Å². The molecule has 0 unspecified atom stereocenters. The van der Waals surface area contributed by atoms with Gasteiger partial charge in [-0.15, -0.1) is 0 Å². The zero-order valence-corrected chi connectivity index (χ0v) is 15.2. The van der Waals surface area contributed by atoms with Crippen molar-refractivity contribution in [1.82, 2.24) is 4.90 Å². The van der Waals surface area contributed by atoms with Crippen molar-refractivity contribution in [1.29, 1.82) is 0 Å². The van der Waals surface area contributed by atoms with E-state index in [-0.39, 0.29) is 23.6 Å². The highest BCUT2D eigenvalue weighted by molar-refractivity contribution is 8.18. The second-order valence-corrected chi connectivity index (χ2v) is 6.93. The van der Waals surface area contributed by atoms with E-state index in [1.165, 1.54) is 12.1 Å². The van der Waals surface area contributed by atoms with E-state index >= 15 is 0 Å². The van der Waals surface area contributed by atoms with Crippen LogP contribution in [-0.4, -0.2) is 36.8 Å². The summed E-state index contributed by atoms with van der Waals surface area (Å²) in [6.45, 7) is -0.00890. The molecule has 1 fully saturated rings. The lowest BCUT2D eigenvalue weighted by molar-refractivity contribution is -0.122. The minimum atomic E-state index is -0.384. The molecule has 134 valence electrons. The Morgan fingerprint density at radius 3 is 2.54 bits per heavy atom. The first-order valence-corrected chi connectivity index (χ1v) is 8.78. The van der Waals surface area contributed by atoms with Crippen LogP contribution in [0.4, 0.5) is 20.6 Å². The smallest absolute Gasteiger partial charge is 0.295 e. The topological polar surface area (TPSA) is 52.7 Å². The summed E-state index contributed by atoms with van der Waals surface area (Å²) in [6, 6.07) is 13.6. The van der Waals surface area contributed by atoms with Gasteiger partial charge >= 0.3 is 0 Å². The lowest BCUT2D eigenvalue weighted by Gasteiger charge is -2.14. The zero-order chi connectivity index (χ0) is 18.7. The van der Waals surface area contributed by atoms with Crippen LogP contribution in [-0.2, 0) is 4.79 Å². The minimum absolute atomic E-state index is 0.00890. The third kappa shape index (κ3) is 4.05. The number of carbonyl (C=O) groups excluding carboxylic acids is 2. The van der Waals surface area contributed by atoms with Crippen LogP contribution in [0.15, 0.2) is 53.4 Å². The summed E-state index contributed by atoms with van der Waals surface area (Å²) in [4.78, 5) is 28.1. The first-order chi connectivity index (χ1) is 12.4. The van der Waals surface area contributed by atoms with Gasteiger partial charge in [-0.3, -0.25) is 14.5 Å². The predicted octanol–water partition coefficient (Wildman–Crippen LogP) is 4.00. The lowest BCUT2D eigenvalue weighted by atomic mass is 10.2. The molecule has 1 aliphatic rings. The number of benzene rings is 2. The number of nitrogens with one attached hydrogen (secondary N) is 1. The molecule has 0 saturated carbocycles. The second-order valence-electron chi connectivity index (χ2n) is 5.94. The van der Waals surface area contributed by atoms with E-state index in [9.17, 15) is 14.0 Å². The molecule has 2 amide bonds. The summed E-state index contributed by atoms with van der Waals surface area (Å²) in [5.74, 6) is -0.745. The van der Waals surface area contributed by atoms with Gasteiger partial charge in [-0.05, 0) is 53.7 Å². The third-order valence-electron chi connectivity index (χ3n) is 3.85. The molecule has 3 rings (SSSR count). The maximum atomic E-state index is 13.2. The Bertz CT molecular complexity index is 865. The molecular formula is C19H18FN3O2S. The third-order valence-corrected chi connectivity index (χ3v) is 4.75. The average molecular weight is 371 g/mol. The van der Waals surface area contributed by atoms with Gasteiger partial charge in [0.15, 0.2) is 0 Å². The predicted molar refractivity (Wildman–Crippen MR) is 103 cm³/mol. The van der Waals surface area contributed by atoms with Gasteiger partial charge in [-0.2, -0.15) is 0 Å². The Hall–Kier alpha value is -2.80. The minimum Gasteiger partial charge on any atom is -0.378 e. The maximum absolute atomic E-state index is 13.2. The average Bonchev–Trinajstić information content (AvgIpc) is 2.87. The van der Waals surface area contributed by atoms with E-state index in [0.717, 1.165) is 27.9 Å². The summed E-state index contributed by atoms with van der Waals surface area (Å²) in [5, 5.41) is 2.54. The molecule has 0 spiro atoms. The van der Waals surface area contributed by atoms with Crippen LogP contribution >= 0.6 is 11.8 Å². The van der Waals surface area contributed by atoms with E-state index < -0.39 is 0 Å². The number of nitrogens with zero attached hydrogens (tertiary/aromatic N) is 2. The van der Waals surface area contributed by atoms with Gasteiger partial charge in [0.25, 0.3) is 11.1 Å². The molecule has 0 atom stereocenters. The summed E-state index contributed by atoms with van der Waals surface area (Å²) < 4.78 is 13.2. The van der Waals surface area contributed by atoms with Gasteiger partial charge in [0.1, 0.15) is 5.82 Å². The van der Waals surface area contributed by atoms with E-state index in [1.807, 2.05) is 43.3 Å². The summed E-state index contributed by atoms with van der Waals surface area (Å²) in [5.41, 5.74) is 2.40. The van der Waals surface area contributed by atoms with Crippen LogP contribution < -0.4 is 10.2 Å². The van der Waals surface area contributed by atoms with Crippen molar-refractivity contribution < 1.29 is 14.0 Å². The van der Waals surface area contributed by atoms with Crippen LogP contribution in [0, 0.1) is 5.82 Å². The number of thioether (sulfide) groups is 1. The Morgan fingerprint density at radius 2 is 1.88 bits per heavy atom. The molecule has 5 nitrogen and oxygen atoms in total. The van der Waals surface area contributed by atoms with Crippen LogP contribution in [0.1, 0.15) is 5.56 Å². The molecule has 2 aromatic carbocycles. The first-order valence-electron chi connectivity index (χ1n) is 7.96. The highest BCUT2D eigenvalue weighted by atomic mass is 32.2. The Morgan fingerprint density at radius 1 is 1.15 bits per heavy atom. The fourth-order valence-electron chi connectivity index (χ4n) is 2.43. The van der Waals surface area contributed by atoms with Gasteiger partial charge in [0, 0.05) is 25.5 Å². The van der Waals surface area contributed by atoms with Crippen LogP contribution in [0.5, 0.6) is 0 Å². The largest absolute Gasteiger partial charge is 0.378 e.